The van der Waals surface area contributed by atoms with E-state index in [1.807, 2.05) is 0 Å². The Morgan fingerprint density at radius 1 is 1.32 bits per heavy atom. The molecule has 0 spiro atoms. The van der Waals surface area contributed by atoms with Crippen molar-refractivity contribution in [2.24, 2.45) is 4.99 Å². The second-order valence-corrected chi connectivity index (χ2v) is 6.62. The van der Waals surface area contributed by atoms with Crippen molar-refractivity contribution in [3.63, 3.8) is 0 Å². The van der Waals surface area contributed by atoms with E-state index in [1.165, 1.54) is 11.8 Å². The predicted octanol–water partition coefficient (Wildman–Crippen LogP) is 1.88. The summed E-state index contributed by atoms with van der Waals surface area (Å²) in [5.41, 5.74) is 1.80. The van der Waals surface area contributed by atoms with E-state index in [9.17, 15) is 9.59 Å². The first-order chi connectivity index (χ1) is 13.5. The quantitative estimate of drug-likeness (QED) is 0.578. The van der Waals surface area contributed by atoms with Gasteiger partial charge in [0, 0.05) is 12.3 Å². The maximum absolute atomic E-state index is 13.1. The number of esters is 1. The van der Waals surface area contributed by atoms with Gasteiger partial charge in [0.1, 0.15) is 5.75 Å². The molecule has 28 heavy (non-hydrogen) atoms. The third kappa shape index (κ3) is 4.33. The zero-order valence-electron chi connectivity index (χ0n) is 16.4. The molecule has 8 nitrogen and oxygen atoms in total. The van der Waals surface area contributed by atoms with Gasteiger partial charge in [-0.2, -0.15) is 0 Å². The van der Waals surface area contributed by atoms with Crippen LogP contribution in [0.5, 0.6) is 5.75 Å². The van der Waals surface area contributed by atoms with Crippen LogP contribution in [0.3, 0.4) is 0 Å². The number of hydrogen-bond acceptors (Lipinski definition) is 6. The van der Waals surface area contributed by atoms with Crippen LogP contribution in [0.15, 0.2) is 34.1 Å². The summed E-state index contributed by atoms with van der Waals surface area (Å²) in [6.07, 6.45) is 2.04. The van der Waals surface area contributed by atoms with Crippen LogP contribution in [-0.2, 0) is 20.7 Å². The van der Waals surface area contributed by atoms with E-state index in [4.69, 9.17) is 14.2 Å². The molecule has 1 atom stereocenters. The summed E-state index contributed by atoms with van der Waals surface area (Å²) in [6.45, 7) is 3.02. The highest BCUT2D eigenvalue weighted by Gasteiger charge is 2.21. The maximum Gasteiger partial charge on any atom is 0.311 e. The minimum Gasteiger partial charge on any atom is -0.497 e. The van der Waals surface area contributed by atoms with Gasteiger partial charge in [-0.05, 0) is 44.0 Å². The number of nitrogens with zero attached hydrogens (tertiary/aromatic N) is 2. The molecule has 0 aliphatic carbocycles. The normalized spacial score (nSPS) is 17.0. The summed E-state index contributed by atoms with van der Waals surface area (Å²) in [4.78, 5) is 29.5. The maximum atomic E-state index is 13.1. The second-order valence-electron chi connectivity index (χ2n) is 6.62. The molecule has 8 heteroatoms. The molecule has 2 heterocycles. The van der Waals surface area contributed by atoms with Crippen molar-refractivity contribution in [1.82, 2.24) is 9.78 Å². The Balaban J connectivity index is 1.97. The average Bonchev–Trinajstić information content (AvgIpc) is 3.34. The lowest BCUT2D eigenvalue weighted by atomic mass is 10.1. The van der Waals surface area contributed by atoms with Gasteiger partial charge in [-0.25, -0.2) is 4.68 Å². The molecule has 0 amide bonds. The van der Waals surface area contributed by atoms with Gasteiger partial charge < -0.3 is 14.2 Å². The Kier molecular flexibility index (Phi) is 6.30. The number of nitrogens with one attached hydrogen (secondary N) is 1. The molecule has 1 aromatic heterocycles. The van der Waals surface area contributed by atoms with Gasteiger partial charge in [0.05, 0.1) is 50.2 Å². The topological polar surface area (TPSA) is 94.9 Å². The molecule has 3 rings (SSSR count). The lowest BCUT2D eigenvalue weighted by Crippen LogP contribution is -2.21. The zero-order chi connectivity index (χ0) is 20.1. The molecule has 1 aliphatic heterocycles. The first-order valence-corrected chi connectivity index (χ1v) is 9.21. The first-order valence-electron chi connectivity index (χ1n) is 9.21. The van der Waals surface area contributed by atoms with Crippen LogP contribution < -0.4 is 10.3 Å². The van der Waals surface area contributed by atoms with E-state index >= 15 is 0 Å². The zero-order valence-corrected chi connectivity index (χ0v) is 16.4. The Morgan fingerprint density at radius 3 is 2.68 bits per heavy atom. The molecular formula is C20H25N3O5. The van der Waals surface area contributed by atoms with Gasteiger partial charge in [-0.15, -0.1) is 0 Å². The molecule has 2 aromatic rings. The van der Waals surface area contributed by atoms with Crippen molar-refractivity contribution < 1.29 is 19.0 Å². The number of aromatic nitrogens is 2. The van der Waals surface area contributed by atoms with E-state index < -0.39 is 5.97 Å². The van der Waals surface area contributed by atoms with Gasteiger partial charge >= 0.3 is 5.97 Å². The molecule has 1 aromatic carbocycles. The highest BCUT2D eigenvalue weighted by molar-refractivity contribution is 6.00. The number of hydrogen-bond donors (Lipinski definition) is 1. The van der Waals surface area contributed by atoms with Crippen molar-refractivity contribution in [1.29, 1.82) is 0 Å². The fraction of sp³-hybridized carbons (Fsp3) is 0.450. The molecule has 1 unspecified atom stereocenters. The van der Waals surface area contributed by atoms with E-state index in [0.717, 1.165) is 19.4 Å². The Labute approximate surface area is 163 Å². The highest BCUT2D eigenvalue weighted by Crippen LogP contribution is 2.16. The van der Waals surface area contributed by atoms with Crippen LogP contribution in [-0.4, -0.2) is 54.9 Å². The summed E-state index contributed by atoms with van der Waals surface area (Å²) in [5, 5.41) is 3.03. The average molecular weight is 387 g/mol. The fourth-order valence-corrected chi connectivity index (χ4v) is 3.22. The van der Waals surface area contributed by atoms with Gasteiger partial charge in [0.2, 0.25) is 0 Å². The third-order valence-corrected chi connectivity index (χ3v) is 4.76. The fourth-order valence-electron chi connectivity index (χ4n) is 3.22. The van der Waals surface area contributed by atoms with Crippen LogP contribution in [0, 0.1) is 0 Å². The number of aromatic amines is 1. The number of aliphatic imine (C=N–C) groups is 1. The van der Waals surface area contributed by atoms with Gasteiger partial charge in [0.25, 0.3) is 5.56 Å². The van der Waals surface area contributed by atoms with Gasteiger partial charge in [-0.1, -0.05) is 0 Å². The number of methoxy groups -OCH3 is 2. The van der Waals surface area contributed by atoms with Crippen molar-refractivity contribution in [2.45, 2.75) is 32.3 Å². The lowest BCUT2D eigenvalue weighted by molar-refractivity contribution is -0.139. The van der Waals surface area contributed by atoms with Crippen LogP contribution in [0.1, 0.15) is 31.0 Å². The second kappa shape index (κ2) is 8.88. The molecule has 0 bridgehead atoms. The van der Waals surface area contributed by atoms with Gasteiger partial charge in [0.15, 0.2) is 0 Å². The van der Waals surface area contributed by atoms with Crippen LogP contribution in [0.2, 0.25) is 0 Å². The van der Waals surface area contributed by atoms with Crippen molar-refractivity contribution >= 4 is 11.7 Å². The number of ether oxygens (including phenoxy) is 3. The summed E-state index contributed by atoms with van der Waals surface area (Å²) in [5.74, 6) is 0.254. The molecular weight excluding hydrogens is 362 g/mol. The van der Waals surface area contributed by atoms with E-state index in [-0.39, 0.29) is 18.1 Å². The molecule has 0 saturated carbocycles. The Morgan fingerprint density at radius 2 is 2.07 bits per heavy atom. The summed E-state index contributed by atoms with van der Waals surface area (Å²) < 4.78 is 16.9. The Hall–Kier alpha value is -2.87. The number of carbonyl (C=O) groups is 1. The third-order valence-electron chi connectivity index (χ3n) is 4.76. The molecule has 150 valence electrons. The van der Waals surface area contributed by atoms with Crippen molar-refractivity contribution in [3.8, 4) is 11.4 Å². The number of benzene rings is 1. The Bertz CT molecular complexity index is 905. The number of H-pyrrole nitrogens is 1. The molecule has 1 fully saturated rings. The monoisotopic (exact) mass is 387 g/mol. The van der Waals surface area contributed by atoms with Crippen LogP contribution >= 0.6 is 0 Å². The van der Waals surface area contributed by atoms with Crippen LogP contribution in [0.25, 0.3) is 5.69 Å². The molecule has 1 saturated heterocycles. The molecule has 0 radical (unpaired) electrons. The SMILES string of the molecule is COC(=O)Cc1[nH]n(-c2ccc(OC)cc2)c(=O)c1C(C)=NCC1CCCO1. The smallest absolute Gasteiger partial charge is 0.311 e. The minimum atomic E-state index is -0.434. The largest absolute Gasteiger partial charge is 0.497 e. The number of rotatable bonds is 7. The minimum absolute atomic E-state index is 0.0446. The first kappa shape index (κ1) is 19.9. The van der Waals surface area contributed by atoms with E-state index in [0.29, 0.717) is 35.0 Å². The van der Waals surface area contributed by atoms with Crippen molar-refractivity contribution in [2.75, 3.05) is 27.4 Å². The standard InChI is InChI=1S/C20H25N3O5/c1-13(21-12-16-5-4-10-28-16)19-17(11-18(24)27-3)22-23(20(19)25)14-6-8-15(26-2)9-7-14/h6-9,16,22H,4-5,10-12H2,1-3H3. The highest BCUT2D eigenvalue weighted by atomic mass is 16.5. The number of carbonyl (C=O) groups excluding carboxylic acids is 1. The predicted molar refractivity (Wildman–Crippen MR) is 105 cm³/mol. The van der Waals surface area contributed by atoms with Gasteiger partial charge in [-0.3, -0.25) is 19.7 Å². The van der Waals surface area contributed by atoms with E-state index in [2.05, 4.69) is 10.1 Å². The van der Waals surface area contributed by atoms with E-state index in [1.54, 1.807) is 38.3 Å². The van der Waals surface area contributed by atoms with Crippen molar-refractivity contribution in [3.05, 3.63) is 45.9 Å². The molecule has 1 aliphatic rings. The van der Waals surface area contributed by atoms with Crippen LogP contribution in [0.4, 0.5) is 0 Å². The molecule has 1 N–H and O–H groups in total. The summed E-state index contributed by atoms with van der Waals surface area (Å²) in [6, 6.07) is 7.06. The summed E-state index contributed by atoms with van der Waals surface area (Å²) >= 11 is 0. The summed E-state index contributed by atoms with van der Waals surface area (Å²) in [7, 11) is 2.90. The lowest BCUT2D eigenvalue weighted by Gasteiger charge is -2.06.